The number of ether oxygens (including phenoxy) is 12. The summed E-state index contributed by atoms with van der Waals surface area (Å²) >= 11 is 0. The number of rotatable bonds is 36. The summed E-state index contributed by atoms with van der Waals surface area (Å²) in [4.78, 5) is 55.3. The molecule has 2 aliphatic rings. The number of anilines is 2. The van der Waals surface area contributed by atoms with Crippen LogP contribution in [0.3, 0.4) is 0 Å². The third-order valence-corrected chi connectivity index (χ3v) is 19.6. The molecule has 26 heteroatoms. The molecule has 111 heavy (non-hydrogen) atoms. The topological polar surface area (TPSA) is 297 Å². The van der Waals surface area contributed by atoms with E-state index in [9.17, 15) is 19.8 Å². The van der Waals surface area contributed by atoms with Crippen molar-refractivity contribution in [2.45, 2.75) is 93.0 Å². The largest absolute Gasteiger partial charge is 0.497 e. The zero-order chi connectivity index (χ0) is 76.5. The summed E-state index contributed by atoms with van der Waals surface area (Å²) in [7, 11) is 6.47. The Balaban J connectivity index is 0.640. The fourth-order valence-corrected chi connectivity index (χ4v) is 13.9. The van der Waals surface area contributed by atoms with Crippen molar-refractivity contribution in [1.82, 2.24) is 39.0 Å². The molecule has 572 valence electrons. The van der Waals surface area contributed by atoms with E-state index in [0.717, 1.165) is 52.6 Å². The van der Waals surface area contributed by atoms with Gasteiger partial charge in [0.2, 0.25) is 23.7 Å². The fourth-order valence-electron chi connectivity index (χ4n) is 13.9. The van der Waals surface area contributed by atoms with Gasteiger partial charge >= 0.3 is 0 Å². The maximum Gasteiger partial charge on any atom is 0.264 e. The number of amides is 2. The minimum atomic E-state index is -1.18. The number of aromatic nitrogens is 8. The molecule has 14 rings (SSSR count). The number of unbranched alkanes of at least 4 members (excludes halogenated alkanes) is 4. The van der Waals surface area contributed by atoms with Gasteiger partial charge in [-0.2, -0.15) is 19.9 Å². The van der Waals surface area contributed by atoms with Crippen LogP contribution in [0.15, 0.2) is 231 Å². The molecule has 0 bridgehead atoms. The van der Waals surface area contributed by atoms with E-state index < -0.39 is 59.9 Å². The first-order valence-corrected chi connectivity index (χ1v) is 36.8. The number of fused-ring (bicyclic) bond motifs is 2. The van der Waals surface area contributed by atoms with Crippen LogP contribution < -0.4 is 48.5 Å². The molecule has 0 unspecified atom stereocenters. The highest BCUT2D eigenvalue weighted by Crippen LogP contribution is 2.46. The Labute approximate surface area is 641 Å². The maximum absolute atomic E-state index is 13.5. The Morgan fingerprint density at radius 2 is 0.721 bits per heavy atom. The van der Waals surface area contributed by atoms with Gasteiger partial charge in [0, 0.05) is 12.8 Å². The van der Waals surface area contributed by atoms with Crippen LogP contribution in [0, 0.1) is 0 Å². The van der Waals surface area contributed by atoms with Crippen molar-refractivity contribution in [1.29, 1.82) is 0 Å². The van der Waals surface area contributed by atoms with Gasteiger partial charge < -0.3 is 67.1 Å². The standard InChI is InChI=1S/C85H86N10O16/c1-100-62-38-30-58(31-39-62)84(56-22-12-8-13-23-56,59-32-40-63(101-2)41-33-59)108-50-70-68(96)48-74(110-70)94-54-86-76-78(94)90-82(88-72(98)52-106-66-26-16-10-17-27-66)92-80(76)104-46-20-6-5-7-21-47-105-81-77-79(91-83(93-81)89-73(99)53-107-67-28-18-11-19-29-67)95(55-87-77)75-49-69(97)71(111-75)51-109-85(57-24-14-9-15-25-57,60-34-42-64(102-3)43-35-60)61-36-44-65(103-4)45-37-61/h8-19,22-45,54-55,68-71,74-75,96-97H,5-7,20-21,46-53H2,1-4H3,(H,88,90,92,98)(H,89,91,93,99)/t68-,69-,70+,71+,74+,75+/m0/s1. The molecule has 4 aromatic heterocycles. The average Bonchev–Trinajstić information content (AvgIpc) is 1.71. The van der Waals surface area contributed by atoms with Crippen LogP contribution in [-0.2, 0) is 39.7 Å². The first-order chi connectivity index (χ1) is 54.4. The second-order valence-electron chi connectivity index (χ2n) is 26.6. The van der Waals surface area contributed by atoms with Crippen LogP contribution in [0.1, 0.15) is 90.8 Å². The van der Waals surface area contributed by atoms with E-state index in [1.54, 1.807) is 74.5 Å². The number of hydrogen-bond acceptors (Lipinski definition) is 22. The summed E-state index contributed by atoms with van der Waals surface area (Å²) < 4.78 is 77.7. The SMILES string of the molecule is COc1ccc(C(OC[C@H]2O[C@@H](n3cnc4c(OCCCCCCCOc5nc(NC(=O)COc6ccccc6)nc6c5ncn6[C@H]5C[C@H](O)[C@@H](COC(c6ccccc6)(c6ccc(OC)cc6)c6ccc(OC)cc6)O5)nc(NC(=O)COc5ccccc5)nc43)C[C@@H]2O)(c2ccccc2)c2ccc(OC)cc2)cc1. The maximum atomic E-state index is 13.5. The normalized spacial score (nSPS) is 17.0. The van der Waals surface area contributed by atoms with E-state index in [1.165, 1.54) is 0 Å². The number of nitrogens with one attached hydrogen (secondary N) is 2. The molecule has 2 fully saturated rings. The monoisotopic (exact) mass is 1500 g/mol. The van der Waals surface area contributed by atoms with Crippen molar-refractivity contribution in [3.05, 3.63) is 264 Å². The number of carbonyl (C=O) groups is 2. The van der Waals surface area contributed by atoms with Crippen molar-refractivity contribution >= 4 is 46.0 Å². The van der Waals surface area contributed by atoms with Gasteiger partial charge in [-0.3, -0.25) is 29.4 Å². The number of carbonyl (C=O) groups excluding carboxylic acids is 2. The molecule has 26 nitrogen and oxygen atoms in total. The second-order valence-corrected chi connectivity index (χ2v) is 26.6. The van der Waals surface area contributed by atoms with Crippen LogP contribution in [0.5, 0.6) is 46.3 Å². The van der Waals surface area contributed by atoms with Crippen LogP contribution in [0.2, 0.25) is 0 Å². The van der Waals surface area contributed by atoms with E-state index in [0.29, 0.717) is 69.7 Å². The molecule has 0 aliphatic carbocycles. The van der Waals surface area contributed by atoms with Gasteiger partial charge in [0.1, 0.15) is 70.4 Å². The van der Waals surface area contributed by atoms with E-state index in [1.807, 2.05) is 194 Å². The predicted octanol–water partition coefficient (Wildman–Crippen LogP) is 12.8. The molecule has 12 aromatic rings. The number of aliphatic hydroxyl groups is 2. The lowest BCUT2D eigenvalue weighted by atomic mass is 9.80. The van der Waals surface area contributed by atoms with Gasteiger partial charge in [-0.15, -0.1) is 0 Å². The molecule has 6 atom stereocenters. The van der Waals surface area contributed by atoms with Gasteiger partial charge in [0.15, 0.2) is 35.5 Å². The molecular weight excluding hydrogens is 1420 g/mol. The molecule has 6 heterocycles. The highest BCUT2D eigenvalue weighted by atomic mass is 16.6. The Morgan fingerprint density at radius 1 is 0.405 bits per heavy atom. The Bertz CT molecular complexity index is 4600. The third kappa shape index (κ3) is 17.4. The highest BCUT2D eigenvalue weighted by Gasteiger charge is 2.45. The second kappa shape index (κ2) is 35.5. The average molecular weight is 1500 g/mol. The van der Waals surface area contributed by atoms with Gasteiger partial charge in [0.25, 0.3) is 11.8 Å². The molecule has 4 N–H and O–H groups in total. The summed E-state index contributed by atoms with van der Waals surface area (Å²) in [6.07, 6.45) is 1.86. The fraction of sp³-hybridized carbons (Fsp3) is 0.294. The number of aliphatic hydroxyl groups excluding tert-OH is 2. The molecular formula is C85H86N10O16. The van der Waals surface area contributed by atoms with E-state index in [-0.39, 0.29) is 76.1 Å². The van der Waals surface area contributed by atoms with Crippen molar-refractivity contribution in [3.63, 3.8) is 0 Å². The highest BCUT2D eigenvalue weighted by molar-refractivity contribution is 5.92. The first-order valence-electron chi connectivity index (χ1n) is 36.8. The van der Waals surface area contributed by atoms with Gasteiger partial charge in [-0.05, 0) is 119 Å². The lowest BCUT2D eigenvalue weighted by Crippen LogP contribution is -2.38. The van der Waals surface area contributed by atoms with Gasteiger partial charge in [0.05, 0.1) is 79.7 Å². The number of benzene rings is 8. The summed E-state index contributed by atoms with van der Waals surface area (Å²) in [5.74, 6) is 2.88. The first kappa shape index (κ1) is 75.8. The van der Waals surface area contributed by atoms with Crippen molar-refractivity contribution < 1.29 is 76.6 Å². The Hall–Kier alpha value is -12.0. The zero-order valence-electron chi connectivity index (χ0n) is 61.8. The minimum Gasteiger partial charge on any atom is -0.497 e. The van der Waals surface area contributed by atoms with Gasteiger partial charge in [-0.1, -0.05) is 165 Å². The van der Waals surface area contributed by atoms with E-state index in [4.69, 9.17) is 76.8 Å². The van der Waals surface area contributed by atoms with Crippen LogP contribution in [0.4, 0.5) is 11.9 Å². The molecule has 2 aliphatic heterocycles. The zero-order valence-corrected chi connectivity index (χ0v) is 61.8. The third-order valence-electron chi connectivity index (χ3n) is 19.6. The van der Waals surface area contributed by atoms with Crippen LogP contribution in [-0.4, -0.2) is 154 Å². The van der Waals surface area contributed by atoms with Gasteiger partial charge in [-0.25, -0.2) is 9.97 Å². The van der Waals surface area contributed by atoms with Crippen molar-refractivity contribution in [3.8, 4) is 46.3 Å². The molecule has 0 spiro atoms. The smallest absolute Gasteiger partial charge is 0.264 e. The lowest BCUT2D eigenvalue weighted by Gasteiger charge is -2.37. The number of para-hydroxylation sites is 2. The van der Waals surface area contributed by atoms with E-state index >= 15 is 0 Å². The van der Waals surface area contributed by atoms with Crippen LogP contribution >= 0.6 is 0 Å². The molecule has 2 amide bonds. The summed E-state index contributed by atoms with van der Waals surface area (Å²) in [6, 6.07) is 68.5. The Kier molecular flexibility index (Phi) is 24.3. The lowest BCUT2D eigenvalue weighted by molar-refractivity contribution is -0.118. The number of methoxy groups -OCH3 is 4. The van der Waals surface area contributed by atoms with Crippen LogP contribution in [0.25, 0.3) is 22.3 Å². The summed E-state index contributed by atoms with van der Waals surface area (Å²) in [5, 5.41) is 29.3. The number of nitrogens with zero attached hydrogens (tertiary/aromatic N) is 8. The summed E-state index contributed by atoms with van der Waals surface area (Å²) in [6.45, 7) is -0.228. The predicted molar refractivity (Wildman–Crippen MR) is 411 cm³/mol. The molecule has 8 aromatic carbocycles. The number of hydrogen-bond donors (Lipinski definition) is 4. The van der Waals surface area contributed by atoms with E-state index in [2.05, 4.69) is 20.6 Å². The molecule has 2 saturated heterocycles. The van der Waals surface area contributed by atoms with Crippen molar-refractivity contribution in [2.75, 3.05) is 78.7 Å². The van der Waals surface area contributed by atoms with Crippen molar-refractivity contribution in [2.24, 2.45) is 0 Å². The summed E-state index contributed by atoms with van der Waals surface area (Å²) in [5.41, 5.74) is 3.84. The molecule has 0 saturated carbocycles. The Morgan fingerprint density at radius 3 is 1.05 bits per heavy atom. The minimum absolute atomic E-state index is 0.0374. The number of imidazole rings is 2. The quantitative estimate of drug-likeness (QED) is 0.0209. The molecule has 0 radical (unpaired) electrons.